The van der Waals surface area contributed by atoms with Gasteiger partial charge in [-0.2, -0.15) is 5.10 Å². The van der Waals surface area contributed by atoms with Crippen molar-refractivity contribution in [1.82, 2.24) is 15.1 Å². The van der Waals surface area contributed by atoms with Crippen LogP contribution in [0.3, 0.4) is 0 Å². The third-order valence-corrected chi connectivity index (χ3v) is 8.13. The molecule has 0 spiro atoms. The number of benzene rings is 3. The first-order valence-electron chi connectivity index (χ1n) is 12.8. The Morgan fingerprint density at radius 3 is 2.44 bits per heavy atom. The number of aromatic nitrogens is 2. The molecular formula is C30H27FN4O3S. The van der Waals surface area contributed by atoms with Crippen molar-refractivity contribution >= 4 is 29.4 Å². The fourth-order valence-corrected chi connectivity index (χ4v) is 5.98. The number of carbonyl (C=O) groups is 2. The molecule has 9 heteroatoms. The largest absolute Gasteiger partial charge is 0.497 e. The van der Waals surface area contributed by atoms with E-state index in [2.05, 4.69) is 5.32 Å². The van der Waals surface area contributed by atoms with Gasteiger partial charge in [0.1, 0.15) is 23.9 Å². The molecule has 1 N–H and O–H groups in total. The second kappa shape index (κ2) is 10.6. The minimum atomic E-state index is -0.329. The van der Waals surface area contributed by atoms with Gasteiger partial charge in [0.2, 0.25) is 11.8 Å². The van der Waals surface area contributed by atoms with Gasteiger partial charge in [0.05, 0.1) is 29.5 Å². The molecule has 2 heterocycles. The van der Waals surface area contributed by atoms with Crippen LogP contribution in [0.15, 0.2) is 78.9 Å². The second-order valence-corrected chi connectivity index (χ2v) is 10.7. The lowest BCUT2D eigenvalue weighted by Crippen LogP contribution is -2.43. The summed E-state index contributed by atoms with van der Waals surface area (Å²) in [4.78, 5) is 28.3. The zero-order valence-corrected chi connectivity index (χ0v) is 22.2. The van der Waals surface area contributed by atoms with Gasteiger partial charge in [-0.3, -0.25) is 14.5 Å². The Balaban J connectivity index is 1.58. The smallest absolute Gasteiger partial charge is 0.240 e. The molecule has 7 nitrogen and oxygen atoms in total. The average molecular weight is 543 g/mol. The van der Waals surface area contributed by atoms with E-state index in [0.717, 1.165) is 35.2 Å². The molecule has 1 aromatic heterocycles. The molecule has 4 aromatic rings. The first-order valence-corrected chi connectivity index (χ1v) is 13.9. The quantitative estimate of drug-likeness (QED) is 0.350. The zero-order chi connectivity index (χ0) is 26.9. The van der Waals surface area contributed by atoms with E-state index in [1.165, 1.54) is 23.9 Å². The van der Waals surface area contributed by atoms with Gasteiger partial charge in [-0.05, 0) is 54.8 Å². The number of nitrogens with zero attached hydrogens (tertiary/aromatic N) is 3. The lowest BCUT2D eigenvalue weighted by molar-refractivity contribution is -0.123. The van der Waals surface area contributed by atoms with Crippen molar-refractivity contribution in [2.75, 3.05) is 24.3 Å². The summed E-state index contributed by atoms with van der Waals surface area (Å²) >= 11 is 1.46. The number of amides is 2. The van der Waals surface area contributed by atoms with E-state index in [4.69, 9.17) is 9.84 Å². The van der Waals surface area contributed by atoms with Gasteiger partial charge < -0.3 is 10.1 Å². The molecule has 1 fully saturated rings. The highest BCUT2D eigenvalue weighted by Crippen LogP contribution is 2.48. The van der Waals surface area contributed by atoms with Crippen LogP contribution in [0.4, 0.5) is 10.2 Å². The molecule has 6 rings (SSSR count). The Hall–Kier alpha value is -4.11. The monoisotopic (exact) mass is 542 g/mol. The van der Waals surface area contributed by atoms with E-state index >= 15 is 0 Å². The summed E-state index contributed by atoms with van der Waals surface area (Å²) in [5, 5.41) is 7.74. The second-order valence-electron chi connectivity index (χ2n) is 9.63. The van der Waals surface area contributed by atoms with Crippen LogP contribution in [0.25, 0.3) is 16.9 Å². The highest BCUT2D eigenvalue weighted by atomic mass is 32.2. The summed E-state index contributed by atoms with van der Waals surface area (Å²) in [6.45, 7) is -0.116. The molecular weight excluding hydrogens is 515 g/mol. The number of methoxy groups -OCH3 is 1. The number of hydrogen-bond donors (Lipinski definition) is 1. The van der Waals surface area contributed by atoms with E-state index < -0.39 is 0 Å². The van der Waals surface area contributed by atoms with Gasteiger partial charge in [-0.25, -0.2) is 9.07 Å². The summed E-state index contributed by atoms with van der Waals surface area (Å²) in [5.74, 6) is 0.664. The fourth-order valence-electron chi connectivity index (χ4n) is 4.78. The lowest BCUT2D eigenvalue weighted by Gasteiger charge is -2.23. The van der Waals surface area contributed by atoms with Gasteiger partial charge in [-0.1, -0.05) is 42.5 Å². The standard InChI is InChI=1S/C30H27FN4O3S/c1-38-24-15-13-23(14-16-24)35-30-27(28(33-35)19-5-3-2-4-6-19)29(20-7-9-21(31)10-8-20)39-18-26(37)34(30)17-25(36)32-22-11-12-22/h2-10,13-16,22,29H,11-12,17-18H2,1H3,(H,32,36)/t29-/m0/s1. The van der Waals surface area contributed by atoms with Crippen LogP contribution in [0.5, 0.6) is 5.75 Å². The van der Waals surface area contributed by atoms with Gasteiger partial charge >= 0.3 is 0 Å². The van der Waals surface area contributed by atoms with Gasteiger partial charge in [0.25, 0.3) is 0 Å². The molecule has 1 saturated carbocycles. The van der Waals surface area contributed by atoms with E-state index in [1.54, 1.807) is 28.8 Å². The van der Waals surface area contributed by atoms with Crippen molar-refractivity contribution in [3.05, 3.63) is 95.8 Å². The molecule has 0 saturated heterocycles. The average Bonchev–Trinajstić information content (AvgIpc) is 3.72. The highest BCUT2D eigenvalue weighted by molar-refractivity contribution is 8.00. The van der Waals surface area contributed by atoms with Gasteiger partial charge in [-0.15, -0.1) is 11.8 Å². The third kappa shape index (κ3) is 5.14. The number of thioether (sulfide) groups is 1. The molecule has 39 heavy (non-hydrogen) atoms. The van der Waals surface area contributed by atoms with Gasteiger partial charge in [0.15, 0.2) is 0 Å². The predicted octanol–water partition coefficient (Wildman–Crippen LogP) is 5.13. The molecule has 198 valence electrons. The maximum Gasteiger partial charge on any atom is 0.240 e. The number of carbonyl (C=O) groups excluding carboxylic acids is 2. The first-order chi connectivity index (χ1) is 19.0. The summed E-state index contributed by atoms with van der Waals surface area (Å²) in [6, 6.07) is 23.7. The van der Waals surface area contributed by atoms with Crippen molar-refractivity contribution in [3.63, 3.8) is 0 Å². The van der Waals surface area contributed by atoms with Crippen LogP contribution in [-0.4, -0.2) is 47.0 Å². The number of fused-ring (bicyclic) bond motifs is 1. The first kappa shape index (κ1) is 25.2. The molecule has 1 aliphatic heterocycles. The van der Waals surface area contributed by atoms with Crippen molar-refractivity contribution in [2.24, 2.45) is 0 Å². The molecule has 0 bridgehead atoms. The Kier molecular flexibility index (Phi) is 6.83. The van der Waals surface area contributed by atoms with Crippen LogP contribution >= 0.6 is 11.8 Å². The van der Waals surface area contributed by atoms with Crippen LogP contribution in [0, 0.1) is 5.82 Å². The molecule has 2 amide bonds. The molecule has 0 radical (unpaired) electrons. The van der Waals surface area contributed by atoms with Crippen LogP contribution in [-0.2, 0) is 9.59 Å². The zero-order valence-electron chi connectivity index (χ0n) is 21.3. The van der Waals surface area contributed by atoms with E-state index in [1.807, 2.05) is 54.6 Å². The maximum absolute atomic E-state index is 13.9. The van der Waals surface area contributed by atoms with E-state index in [-0.39, 0.29) is 41.2 Å². The predicted molar refractivity (Wildman–Crippen MR) is 150 cm³/mol. The molecule has 3 aromatic carbocycles. The fraction of sp³-hybridized carbons (Fsp3) is 0.233. The number of ether oxygens (including phenoxy) is 1. The van der Waals surface area contributed by atoms with E-state index in [0.29, 0.717) is 17.3 Å². The van der Waals surface area contributed by atoms with Crippen molar-refractivity contribution in [1.29, 1.82) is 0 Å². The third-order valence-electron chi connectivity index (χ3n) is 6.87. The minimum absolute atomic E-state index is 0.116. The molecule has 2 aliphatic rings. The van der Waals surface area contributed by atoms with Crippen molar-refractivity contribution < 1.29 is 18.7 Å². The highest BCUT2D eigenvalue weighted by Gasteiger charge is 2.38. The summed E-state index contributed by atoms with van der Waals surface area (Å²) in [5.41, 5.74) is 3.96. The Morgan fingerprint density at radius 1 is 1.05 bits per heavy atom. The number of halogens is 1. The Bertz CT molecular complexity index is 1500. The number of anilines is 1. The van der Waals surface area contributed by atoms with Crippen LogP contribution in [0.1, 0.15) is 29.2 Å². The summed E-state index contributed by atoms with van der Waals surface area (Å²) in [6.07, 6.45) is 1.91. The number of nitrogens with one attached hydrogen (secondary N) is 1. The normalized spacial score (nSPS) is 16.9. The summed E-state index contributed by atoms with van der Waals surface area (Å²) in [7, 11) is 1.60. The molecule has 1 aliphatic carbocycles. The molecule has 0 unspecified atom stereocenters. The SMILES string of the molecule is COc1ccc(-n2nc(-c3ccccc3)c3c2N(CC(=O)NC2CC2)C(=O)CS[C@H]3c2ccc(F)cc2)cc1. The van der Waals surface area contributed by atoms with Crippen molar-refractivity contribution in [2.45, 2.75) is 24.1 Å². The maximum atomic E-state index is 13.9. The molecule has 1 atom stereocenters. The number of hydrogen-bond acceptors (Lipinski definition) is 5. The topological polar surface area (TPSA) is 76.5 Å². The van der Waals surface area contributed by atoms with Gasteiger partial charge in [0, 0.05) is 17.2 Å². The van der Waals surface area contributed by atoms with Crippen LogP contribution in [0.2, 0.25) is 0 Å². The van der Waals surface area contributed by atoms with E-state index in [9.17, 15) is 14.0 Å². The summed E-state index contributed by atoms with van der Waals surface area (Å²) < 4.78 is 21.0. The Labute approximate surface area is 230 Å². The van der Waals surface area contributed by atoms with Crippen LogP contribution < -0.4 is 15.0 Å². The lowest BCUT2D eigenvalue weighted by atomic mass is 9.99. The minimum Gasteiger partial charge on any atom is -0.497 e. The Morgan fingerprint density at radius 2 is 1.77 bits per heavy atom. The number of rotatable bonds is 7. The van der Waals surface area contributed by atoms with Crippen molar-refractivity contribution in [3.8, 4) is 22.7 Å².